The molecular formula is C16H17BrN4O. The average molecular weight is 361 g/mol. The van der Waals surface area contributed by atoms with Crippen molar-refractivity contribution in [1.29, 1.82) is 0 Å². The molecule has 1 saturated heterocycles. The van der Waals surface area contributed by atoms with E-state index in [1.807, 2.05) is 24.3 Å². The molecule has 6 heteroatoms. The summed E-state index contributed by atoms with van der Waals surface area (Å²) in [6, 6.07) is 11.8. The highest BCUT2D eigenvalue weighted by Crippen LogP contribution is 2.23. The predicted octanol–water partition coefficient (Wildman–Crippen LogP) is 2.07. The first-order chi connectivity index (χ1) is 10.7. The fourth-order valence-corrected chi connectivity index (χ4v) is 2.72. The summed E-state index contributed by atoms with van der Waals surface area (Å²) in [7, 11) is 0. The Bertz CT molecular complexity index is 632. The summed E-state index contributed by atoms with van der Waals surface area (Å²) in [5, 5.41) is 2.93. The van der Waals surface area contributed by atoms with Crippen LogP contribution in [0.4, 0.5) is 0 Å². The molecule has 5 nitrogen and oxygen atoms in total. The van der Waals surface area contributed by atoms with Crippen LogP contribution in [-0.4, -0.2) is 16.9 Å². The lowest BCUT2D eigenvalue weighted by atomic mass is 10.0. The van der Waals surface area contributed by atoms with Crippen LogP contribution in [0.3, 0.4) is 0 Å². The first kappa shape index (κ1) is 15.1. The fourth-order valence-electron chi connectivity index (χ4n) is 2.46. The van der Waals surface area contributed by atoms with Gasteiger partial charge in [0.25, 0.3) is 0 Å². The molecule has 0 saturated carbocycles. The molecule has 1 aromatic heterocycles. The molecule has 2 unspecified atom stereocenters. The summed E-state index contributed by atoms with van der Waals surface area (Å²) in [6.45, 7) is 0.494. The van der Waals surface area contributed by atoms with Gasteiger partial charge in [-0.3, -0.25) is 9.78 Å². The normalized spacial score (nSPS) is 20.8. The van der Waals surface area contributed by atoms with Crippen molar-refractivity contribution in [3.05, 3.63) is 64.4 Å². The van der Waals surface area contributed by atoms with Crippen molar-refractivity contribution in [3.63, 3.8) is 0 Å². The average Bonchev–Trinajstić information content (AvgIpc) is 3.04. The summed E-state index contributed by atoms with van der Waals surface area (Å²) < 4.78 is 1.05. The molecular weight excluding hydrogens is 344 g/mol. The van der Waals surface area contributed by atoms with E-state index < -0.39 is 0 Å². The van der Waals surface area contributed by atoms with Gasteiger partial charge in [-0.2, -0.15) is 0 Å². The van der Waals surface area contributed by atoms with Crippen molar-refractivity contribution in [2.24, 2.45) is 0 Å². The number of rotatable bonds is 4. The number of amides is 1. The van der Waals surface area contributed by atoms with E-state index in [2.05, 4.69) is 49.2 Å². The zero-order valence-electron chi connectivity index (χ0n) is 11.9. The van der Waals surface area contributed by atoms with Gasteiger partial charge in [0.05, 0.1) is 0 Å². The maximum Gasteiger partial charge on any atom is 0.238 e. The molecule has 2 aromatic rings. The van der Waals surface area contributed by atoms with Crippen molar-refractivity contribution in [2.45, 2.75) is 25.0 Å². The second-order valence-electron chi connectivity index (χ2n) is 5.26. The number of aromatic nitrogens is 1. The van der Waals surface area contributed by atoms with Gasteiger partial charge < -0.3 is 5.32 Å². The number of benzene rings is 1. The molecule has 0 bridgehead atoms. The molecule has 1 aliphatic heterocycles. The van der Waals surface area contributed by atoms with Crippen LogP contribution in [0, 0.1) is 0 Å². The first-order valence-electron chi connectivity index (χ1n) is 7.15. The van der Waals surface area contributed by atoms with Gasteiger partial charge >= 0.3 is 0 Å². The van der Waals surface area contributed by atoms with E-state index in [0.717, 1.165) is 16.5 Å². The molecule has 3 rings (SSSR count). The third-order valence-electron chi connectivity index (χ3n) is 3.68. The summed E-state index contributed by atoms with van der Waals surface area (Å²) in [5.41, 5.74) is 8.41. The molecule has 0 aliphatic carbocycles. The topological polar surface area (TPSA) is 66.0 Å². The van der Waals surface area contributed by atoms with Crippen LogP contribution in [0.2, 0.25) is 0 Å². The Morgan fingerprint density at radius 2 is 2.09 bits per heavy atom. The van der Waals surface area contributed by atoms with Gasteiger partial charge in [-0.15, -0.1) is 0 Å². The number of carbonyl (C=O) groups is 1. The highest BCUT2D eigenvalue weighted by atomic mass is 79.9. The second-order valence-corrected chi connectivity index (χ2v) is 6.18. The number of hydrogen-bond acceptors (Lipinski definition) is 4. The molecule has 3 N–H and O–H groups in total. The van der Waals surface area contributed by atoms with Crippen LogP contribution in [0.15, 0.2) is 53.3 Å². The van der Waals surface area contributed by atoms with E-state index in [1.165, 1.54) is 5.56 Å². The molecule has 1 aromatic carbocycles. The number of halogens is 1. The lowest BCUT2D eigenvalue weighted by Gasteiger charge is -2.10. The zero-order chi connectivity index (χ0) is 15.4. The van der Waals surface area contributed by atoms with Crippen LogP contribution in [0.1, 0.15) is 23.6 Å². The van der Waals surface area contributed by atoms with Crippen LogP contribution in [0.5, 0.6) is 0 Å². The van der Waals surface area contributed by atoms with Crippen LogP contribution in [-0.2, 0) is 11.3 Å². The maximum atomic E-state index is 12.2. The van der Waals surface area contributed by atoms with E-state index in [9.17, 15) is 4.79 Å². The number of hydrogen-bond donors (Lipinski definition) is 3. The molecule has 22 heavy (non-hydrogen) atoms. The Balaban J connectivity index is 1.53. The van der Waals surface area contributed by atoms with E-state index in [-0.39, 0.29) is 18.0 Å². The smallest absolute Gasteiger partial charge is 0.238 e. The molecule has 0 radical (unpaired) electrons. The molecule has 2 heterocycles. The Morgan fingerprint density at radius 1 is 1.27 bits per heavy atom. The lowest BCUT2D eigenvalue weighted by Crippen LogP contribution is -2.42. The van der Waals surface area contributed by atoms with Crippen LogP contribution >= 0.6 is 15.9 Å². The minimum Gasteiger partial charge on any atom is -0.351 e. The molecule has 114 valence electrons. The van der Waals surface area contributed by atoms with E-state index in [1.54, 1.807) is 12.4 Å². The molecule has 1 aliphatic rings. The largest absolute Gasteiger partial charge is 0.351 e. The molecule has 2 atom stereocenters. The molecule has 0 spiro atoms. The van der Waals surface area contributed by atoms with Gasteiger partial charge in [0.1, 0.15) is 6.04 Å². The fraction of sp³-hybridized carbons (Fsp3) is 0.250. The Kier molecular flexibility index (Phi) is 4.82. The Hall–Kier alpha value is -1.76. The van der Waals surface area contributed by atoms with E-state index >= 15 is 0 Å². The first-order valence-corrected chi connectivity index (χ1v) is 7.95. The third kappa shape index (κ3) is 3.71. The zero-order valence-corrected chi connectivity index (χ0v) is 13.5. The van der Waals surface area contributed by atoms with Gasteiger partial charge in [-0.1, -0.05) is 34.1 Å². The van der Waals surface area contributed by atoms with Crippen LogP contribution < -0.4 is 16.2 Å². The molecule has 1 fully saturated rings. The third-order valence-corrected chi connectivity index (χ3v) is 4.21. The summed E-state index contributed by atoms with van der Waals surface area (Å²) in [4.78, 5) is 16.2. The SMILES string of the molecule is O=C(NCc1cccnc1)C1CC(c2ccc(Br)cc2)NN1. The summed E-state index contributed by atoms with van der Waals surface area (Å²) in [6.07, 6.45) is 4.20. The van der Waals surface area contributed by atoms with Gasteiger partial charge in [0.15, 0.2) is 0 Å². The summed E-state index contributed by atoms with van der Waals surface area (Å²) >= 11 is 3.43. The minimum atomic E-state index is -0.231. The van der Waals surface area contributed by atoms with Crippen molar-refractivity contribution < 1.29 is 4.79 Å². The highest BCUT2D eigenvalue weighted by molar-refractivity contribution is 9.10. The minimum absolute atomic E-state index is 0.00374. The van der Waals surface area contributed by atoms with Crippen molar-refractivity contribution in [3.8, 4) is 0 Å². The van der Waals surface area contributed by atoms with E-state index in [0.29, 0.717) is 6.54 Å². The maximum absolute atomic E-state index is 12.2. The Morgan fingerprint density at radius 3 is 2.82 bits per heavy atom. The second kappa shape index (κ2) is 7.00. The summed E-state index contributed by atoms with van der Waals surface area (Å²) in [5.74, 6) is -0.00374. The number of hydrazine groups is 1. The highest BCUT2D eigenvalue weighted by Gasteiger charge is 2.29. The van der Waals surface area contributed by atoms with Crippen molar-refractivity contribution >= 4 is 21.8 Å². The number of nitrogens with zero attached hydrogens (tertiary/aromatic N) is 1. The van der Waals surface area contributed by atoms with Crippen molar-refractivity contribution in [2.75, 3.05) is 0 Å². The van der Waals surface area contributed by atoms with E-state index in [4.69, 9.17) is 0 Å². The predicted molar refractivity (Wildman–Crippen MR) is 87.6 cm³/mol. The van der Waals surface area contributed by atoms with Gasteiger partial charge in [-0.05, 0) is 35.7 Å². The molecule has 1 amide bonds. The van der Waals surface area contributed by atoms with Gasteiger partial charge in [-0.25, -0.2) is 10.9 Å². The Labute approximate surface area is 137 Å². The standard InChI is InChI=1S/C16H17BrN4O/c17-13-5-3-12(4-6-13)14-8-15(21-20-14)16(22)19-10-11-2-1-7-18-9-11/h1-7,9,14-15,20-21H,8,10H2,(H,19,22). The lowest BCUT2D eigenvalue weighted by molar-refractivity contribution is -0.123. The van der Waals surface area contributed by atoms with Gasteiger partial charge in [0.2, 0.25) is 5.91 Å². The quantitative estimate of drug-likeness (QED) is 0.780. The number of pyridine rings is 1. The van der Waals surface area contributed by atoms with Crippen molar-refractivity contribution in [1.82, 2.24) is 21.2 Å². The monoisotopic (exact) mass is 360 g/mol. The number of nitrogens with one attached hydrogen (secondary N) is 3. The van der Waals surface area contributed by atoms with Gasteiger partial charge in [0, 0.05) is 29.5 Å². The van der Waals surface area contributed by atoms with Crippen LogP contribution in [0.25, 0.3) is 0 Å². The number of carbonyl (C=O) groups excluding carboxylic acids is 1.